The molecule has 0 radical (unpaired) electrons. The summed E-state index contributed by atoms with van der Waals surface area (Å²) < 4.78 is 5.29. The molecule has 1 N–H and O–H groups in total. The lowest BCUT2D eigenvalue weighted by atomic mass is 9.88. The first-order valence-electron chi connectivity index (χ1n) is 7.44. The Morgan fingerprint density at radius 1 is 1.36 bits per heavy atom. The number of rotatable bonds is 3. The Morgan fingerprint density at radius 3 is 2.95 bits per heavy atom. The van der Waals surface area contributed by atoms with Crippen LogP contribution in [0.3, 0.4) is 0 Å². The Kier molecular flexibility index (Phi) is 3.79. The van der Waals surface area contributed by atoms with E-state index in [2.05, 4.69) is 17.4 Å². The number of amides is 1. The van der Waals surface area contributed by atoms with Crippen LogP contribution in [0.4, 0.5) is 5.69 Å². The van der Waals surface area contributed by atoms with Crippen molar-refractivity contribution in [3.8, 4) is 0 Å². The number of nitrogens with one attached hydrogen (secondary N) is 1. The summed E-state index contributed by atoms with van der Waals surface area (Å²) in [5.41, 5.74) is 2.42. The van der Waals surface area contributed by atoms with Gasteiger partial charge in [-0.3, -0.25) is 9.59 Å². The van der Waals surface area contributed by atoms with Gasteiger partial charge in [0.1, 0.15) is 5.76 Å². The third kappa shape index (κ3) is 2.79. The molecule has 1 aliphatic carbocycles. The minimum Gasteiger partial charge on any atom is -0.360 e. The molecule has 2 aromatic rings. The quantitative estimate of drug-likeness (QED) is 0.883. The fraction of sp³-hybridized carbons (Fsp3) is 0.353. The number of nitrogens with zero attached hydrogens (tertiary/aromatic N) is 1. The number of benzene rings is 1. The van der Waals surface area contributed by atoms with Crippen molar-refractivity contribution in [2.75, 3.05) is 5.32 Å². The first-order chi connectivity index (χ1) is 10.5. The van der Waals surface area contributed by atoms with Gasteiger partial charge in [0.05, 0.1) is 0 Å². The van der Waals surface area contributed by atoms with Crippen molar-refractivity contribution >= 4 is 17.4 Å². The van der Waals surface area contributed by atoms with Crippen molar-refractivity contribution in [3.63, 3.8) is 0 Å². The monoisotopic (exact) mass is 298 g/mol. The van der Waals surface area contributed by atoms with Gasteiger partial charge in [0.15, 0.2) is 11.5 Å². The first-order valence-corrected chi connectivity index (χ1v) is 7.44. The molecule has 5 nitrogen and oxygen atoms in total. The van der Waals surface area contributed by atoms with Crippen molar-refractivity contribution in [2.24, 2.45) is 5.92 Å². The molecule has 22 heavy (non-hydrogen) atoms. The normalized spacial score (nSPS) is 16.9. The summed E-state index contributed by atoms with van der Waals surface area (Å²) in [4.78, 5) is 23.8. The Bertz CT molecular complexity index is 733. The van der Waals surface area contributed by atoms with Crippen LogP contribution < -0.4 is 5.32 Å². The number of carbonyl (C=O) groups is 2. The van der Waals surface area contributed by atoms with Gasteiger partial charge in [-0.15, -0.1) is 0 Å². The van der Waals surface area contributed by atoms with E-state index in [-0.39, 0.29) is 11.7 Å². The molecular formula is C17H18N2O3. The highest BCUT2D eigenvalue weighted by Gasteiger charge is 2.26. The fourth-order valence-corrected chi connectivity index (χ4v) is 2.76. The van der Waals surface area contributed by atoms with Crippen molar-refractivity contribution in [3.05, 3.63) is 46.8 Å². The lowest BCUT2D eigenvalue weighted by molar-refractivity contribution is 0.100. The van der Waals surface area contributed by atoms with Gasteiger partial charge in [0.2, 0.25) is 0 Å². The third-order valence-corrected chi connectivity index (χ3v) is 4.03. The van der Waals surface area contributed by atoms with E-state index in [1.54, 1.807) is 24.3 Å². The minimum absolute atomic E-state index is 0.0382. The lowest BCUT2D eigenvalue weighted by Gasteiger charge is -2.16. The largest absolute Gasteiger partial charge is 0.360 e. The van der Waals surface area contributed by atoms with E-state index in [0.717, 1.165) is 30.6 Å². The Labute approximate surface area is 128 Å². The van der Waals surface area contributed by atoms with E-state index in [1.165, 1.54) is 6.92 Å². The third-order valence-electron chi connectivity index (χ3n) is 4.03. The molecule has 0 saturated carbocycles. The van der Waals surface area contributed by atoms with E-state index < -0.39 is 0 Å². The van der Waals surface area contributed by atoms with Crippen molar-refractivity contribution in [1.29, 1.82) is 0 Å². The van der Waals surface area contributed by atoms with Crippen LogP contribution in [0, 0.1) is 5.92 Å². The molecule has 0 spiro atoms. The number of hydrogen-bond donors (Lipinski definition) is 1. The molecule has 114 valence electrons. The highest BCUT2D eigenvalue weighted by Crippen LogP contribution is 2.28. The maximum Gasteiger partial charge on any atom is 0.278 e. The molecule has 0 unspecified atom stereocenters. The second-order valence-corrected chi connectivity index (χ2v) is 5.87. The summed E-state index contributed by atoms with van der Waals surface area (Å²) in [5.74, 6) is 1.02. The second kappa shape index (κ2) is 5.75. The van der Waals surface area contributed by atoms with Gasteiger partial charge < -0.3 is 9.84 Å². The van der Waals surface area contributed by atoms with Crippen LogP contribution in [0.2, 0.25) is 0 Å². The highest BCUT2D eigenvalue weighted by molar-refractivity contribution is 6.04. The van der Waals surface area contributed by atoms with Gasteiger partial charge in [-0.05, 0) is 37.8 Å². The minimum atomic E-state index is -0.292. The van der Waals surface area contributed by atoms with Crippen LogP contribution in [-0.4, -0.2) is 16.8 Å². The molecule has 1 amide bonds. The maximum atomic E-state index is 12.4. The number of carbonyl (C=O) groups excluding carboxylic acids is 2. The molecule has 1 atom stereocenters. The average molecular weight is 298 g/mol. The number of anilines is 1. The molecule has 5 heteroatoms. The lowest BCUT2D eigenvalue weighted by Crippen LogP contribution is -2.18. The fourth-order valence-electron chi connectivity index (χ4n) is 2.76. The SMILES string of the molecule is CC(=O)c1cccc(NC(=O)c2noc3c2C[C@@H](C)CC3)c1. The van der Waals surface area contributed by atoms with E-state index in [1.807, 2.05) is 0 Å². The number of aromatic nitrogens is 1. The van der Waals surface area contributed by atoms with Crippen molar-refractivity contribution in [2.45, 2.75) is 33.1 Å². The Morgan fingerprint density at radius 2 is 2.18 bits per heavy atom. The van der Waals surface area contributed by atoms with Crippen LogP contribution in [0.5, 0.6) is 0 Å². The number of aryl methyl sites for hydroxylation is 1. The van der Waals surface area contributed by atoms with Gasteiger partial charge >= 0.3 is 0 Å². The van der Waals surface area contributed by atoms with Gasteiger partial charge in [-0.1, -0.05) is 24.2 Å². The molecular weight excluding hydrogens is 280 g/mol. The highest BCUT2D eigenvalue weighted by atomic mass is 16.5. The van der Waals surface area contributed by atoms with E-state index in [4.69, 9.17) is 4.52 Å². The topological polar surface area (TPSA) is 72.2 Å². The summed E-state index contributed by atoms with van der Waals surface area (Å²) in [5, 5.41) is 6.72. The zero-order valence-corrected chi connectivity index (χ0v) is 12.7. The first kappa shape index (κ1) is 14.5. The molecule has 0 saturated heterocycles. The predicted molar refractivity (Wildman–Crippen MR) is 82.1 cm³/mol. The zero-order valence-electron chi connectivity index (χ0n) is 12.7. The van der Waals surface area contributed by atoms with Crippen LogP contribution >= 0.6 is 0 Å². The van der Waals surface area contributed by atoms with E-state index in [9.17, 15) is 9.59 Å². The summed E-state index contributed by atoms with van der Waals surface area (Å²) in [6, 6.07) is 6.87. The number of Topliss-reactive ketones (excluding diaryl/α,β-unsaturated/α-hetero) is 1. The molecule has 1 aromatic heterocycles. The molecule has 3 rings (SSSR count). The summed E-state index contributed by atoms with van der Waals surface area (Å²) in [7, 11) is 0. The van der Waals surface area contributed by atoms with Crippen LogP contribution in [0.1, 0.15) is 52.4 Å². The molecule has 1 heterocycles. The van der Waals surface area contributed by atoms with Crippen LogP contribution in [0.25, 0.3) is 0 Å². The number of fused-ring (bicyclic) bond motifs is 1. The van der Waals surface area contributed by atoms with Gasteiger partial charge in [-0.25, -0.2) is 0 Å². The van der Waals surface area contributed by atoms with E-state index in [0.29, 0.717) is 22.9 Å². The average Bonchev–Trinajstić information content (AvgIpc) is 2.90. The van der Waals surface area contributed by atoms with Crippen LogP contribution in [0.15, 0.2) is 28.8 Å². The molecule has 0 fully saturated rings. The van der Waals surface area contributed by atoms with Crippen molar-refractivity contribution < 1.29 is 14.1 Å². The number of ketones is 1. The zero-order chi connectivity index (χ0) is 15.7. The van der Waals surface area contributed by atoms with Crippen LogP contribution in [-0.2, 0) is 12.8 Å². The molecule has 1 aliphatic rings. The summed E-state index contributed by atoms with van der Waals surface area (Å²) in [6.45, 7) is 3.66. The number of hydrogen-bond acceptors (Lipinski definition) is 4. The molecule has 0 aliphatic heterocycles. The molecule has 1 aromatic carbocycles. The smallest absolute Gasteiger partial charge is 0.278 e. The predicted octanol–water partition coefficient (Wildman–Crippen LogP) is 3.25. The summed E-state index contributed by atoms with van der Waals surface area (Å²) in [6.07, 6.45) is 2.70. The summed E-state index contributed by atoms with van der Waals surface area (Å²) >= 11 is 0. The van der Waals surface area contributed by atoms with Gasteiger partial charge in [0.25, 0.3) is 5.91 Å². The van der Waals surface area contributed by atoms with E-state index >= 15 is 0 Å². The van der Waals surface area contributed by atoms with Crippen molar-refractivity contribution in [1.82, 2.24) is 5.16 Å². The Hall–Kier alpha value is -2.43. The Balaban J connectivity index is 1.82. The standard InChI is InChI=1S/C17H18N2O3/c1-10-6-7-15-14(8-10)16(19-22-15)17(21)18-13-5-3-4-12(9-13)11(2)20/h3-5,9-10H,6-8H2,1-2H3,(H,18,21)/t10-/m0/s1. The second-order valence-electron chi connectivity index (χ2n) is 5.87. The van der Waals surface area contributed by atoms with Gasteiger partial charge in [0, 0.05) is 23.2 Å². The van der Waals surface area contributed by atoms with Gasteiger partial charge in [-0.2, -0.15) is 0 Å². The maximum absolute atomic E-state index is 12.4. The molecule has 0 bridgehead atoms.